The van der Waals surface area contributed by atoms with Crippen molar-refractivity contribution in [1.82, 2.24) is 4.90 Å². The second-order valence-electron chi connectivity index (χ2n) is 3.88. The van der Waals surface area contributed by atoms with Crippen LogP contribution >= 0.6 is 0 Å². The molecule has 1 aliphatic heterocycles. The number of carbonyl (C=O) groups excluding carboxylic acids is 1. The first-order valence-electron chi connectivity index (χ1n) is 5.27. The van der Waals surface area contributed by atoms with Gasteiger partial charge in [-0.15, -0.1) is 0 Å². The van der Waals surface area contributed by atoms with Crippen LogP contribution in [-0.2, 0) is 10.8 Å². The molecule has 2 rings (SSSR count). The van der Waals surface area contributed by atoms with Gasteiger partial charge in [0.1, 0.15) is 5.82 Å². The van der Waals surface area contributed by atoms with Crippen LogP contribution < -0.4 is 5.73 Å². The highest BCUT2D eigenvalue weighted by molar-refractivity contribution is 7.85. The van der Waals surface area contributed by atoms with Crippen molar-refractivity contribution in [3.8, 4) is 0 Å². The van der Waals surface area contributed by atoms with E-state index in [0.717, 1.165) is 6.07 Å². The van der Waals surface area contributed by atoms with Gasteiger partial charge in [0, 0.05) is 41.1 Å². The highest BCUT2D eigenvalue weighted by Gasteiger charge is 2.23. The van der Waals surface area contributed by atoms with Crippen molar-refractivity contribution < 1.29 is 13.4 Å². The molecule has 2 N–H and O–H groups in total. The van der Waals surface area contributed by atoms with Gasteiger partial charge in [0.25, 0.3) is 5.91 Å². The number of nitrogens with two attached hydrogens (primary N) is 1. The molecule has 0 bridgehead atoms. The zero-order chi connectivity index (χ0) is 12.4. The van der Waals surface area contributed by atoms with Crippen molar-refractivity contribution in [2.75, 3.05) is 30.3 Å². The summed E-state index contributed by atoms with van der Waals surface area (Å²) in [5.41, 5.74) is 5.73. The van der Waals surface area contributed by atoms with Crippen molar-refractivity contribution in [2.24, 2.45) is 0 Å². The highest BCUT2D eigenvalue weighted by atomic mass is 32.2. The molecular formula is C11H13FN2O2S. The van der Waals surface area contributed by atoms with Crippen molar-refractivity contribution in [3.05, 3.63) is 29.6 Å². The normalized spacial score (nSPS) is 17.1. The predicted molar refractivity (Wildman–Crippen MR) is 64.6 cm³/mol. The predicted octanol–water partition coefficient (Wildman–Crippen LogP) is 0.612. The standard InChI is InChI=1S/C11H13FN2O2S/c12-10-7-8(13)1-2-9(10)11(15)14-3-5-17(16)6-4-14/h1-2,7H,3-6,13H2. The van der Waals surface area contributed by atoms with Crippen LogP contribution in [0.5, 0.6) is 0 Å². The maximum atomic E-state index is 13.5. The summed E-state index contributed by atoms with van der Waals surface area (Å²) in [6.07, 6.45) is 0. The summed E-state index contributed by atoms with van der Waals surface area (Å²) < 4.78 is 24.7. The van der Waals surface area contributed by atoms with E-state index in [2.05, 4.69) is 0 Å². The van der Waals surface area contributed by atoms with Crippen LogP contribution in [0.1, 0.15) is 10.4 Å². The first-order valence-corrected chi connectivity index (χ1v) is 6.76. The van der Waals surface area contributed by atoms with Crippen LogP contribution in [0.15, 0.2) is 18.2 Å². The third-order valence-corrected chi connectivity index (χ3v) is 3.96. The third-order valence-electron chi connectivity index (χ3n) is 2.69. The van der Waals surface area contributed by atoms with Crippen molar-refractivity contribution in [1.29, 1.82) is 0 Å². The van der Waals surface area contributed by atoms with Gasteiger partial charge in [-0.1, -0.05) is 0 Å². The number of amides is 1. The molecule has 17 heavy (non-hydrogen) atoms. The lowest BCUT2D eigenvalue weighted by Gasteiger charge is -2.26. The van der Waals surface area contributed by atoms with Gasteiger partial charge in [0.15, 0.2) is 0 Å². The van der Waals surface area contributed by atoms with E-state index in [1.807, 2.05) is 0 Å². The molecule has 0 aliphatic carbocycles. The lowest BCUT2D eigenvalue weighted by molar-refractivity contribution is 0.0766. The van der Waals surface area contributed by atoms with Gasteiger partial charge >= 0.3 is 0 Å². The molecule has 6 heteroatoms. The molecule has 1 aliphatic rings. The fourth-order valence-electron chi connectivity index (χ4n) is 1.72. The third kappa shape index (κ3) is 2.63. The van der Waals surface area contributed by atoms with Gasteiger partial charge < -0.3 is 10.6 Å². The number of anilines is 1. The molecule has 1 fully saturated rings. The molecule has 0 saturated carbocycles. The average molecular weight is 256 g/mol. The lowest BCUT2D eigenvalue weighted by Crippen LogP contribution is -2.42. The highest BCUT2D eigenvalue weighted by Crippen LogP contribution is 2.15. The van der Waals surface area contributed by atoms with Crippen LogP contribution in [-0.4, -0.2) is 39.6 Å². The summed E-state index contributed by atoms with van der Waals surface area (Å²) in [4.78, 5) is 13.5. The molecule has 0 radical (unpaired) electrons. The number of carbonyl (C=O) groups is 1. The zero-order valence-corrected chi connectivity index (χ0v) is 10.0. The van der Waals surface area contributed by atoms with E-state index in [9.17, 15) is 13.4 Å². The Labute approximate surface area is 101 Å². The molecule has 1 aromatic rings. The quantitative estimate of drug-likeness (QED) is 0.749. The molecule has 1 amide bonds. The molecule has 1 heterocycles. The van der Waals surface area contributed by atoms with E-state index < -0.39 is 16.6 Å². The average Bonchev–Trinajstić information content (AvgIpc) is 2.29. The van der Waals surface area contributed by atoms with Gasteiger partial charge in [-0.3, -0.25) is 9.00 Å². The molecule has 4 nitrogen and oxygen atoms in total. The summed E-state index contributed by atoms with van der Waals surface area (Å²) in [6.45, 7) is 0.824. The molecule has 0 atom stereocenters. The zero-order valence-electron chi connectivity index (χ0n) is 9.19. The van der Waals surface area contributed by atoms with E-state index in [4.69, 9.17) is 5.73 Å². The second-order valence-corrected chi connectivity index (χ2v) is 5.58. The number of halogens is 1. The number of hydrogen-bond donors (Lipinski definition) is 1. The largest absolute Gasteiger partial charge is 0.399 e. The van der Waals surface area contributed by atoms with Gasteiger partial charge in [-0.05, 0) is 18.2 Å². The van der Waals surface area contributed by atoms with Crippen LogP contribution in [0, 0.1) is 5.82 Å². The molecule has 1 saturated heterocycles. The molecule has 0 aromatic heterocycles. The summed E-state index contributed by atoms with van der Waals surface area (Å²) in [5.74, 6) is -0.0501. The Morgan fingerprint density at radius 2 is 2.00 bits per heavy atom. The first kappa shape index (κ1) is 12.0. The van der Waals surface area contributed by atoms with E-state index >= 15 is 0 Å². The van der Waals surface area contributed by atoms with E-state index in [0.29, 0.717) is 30.3 Å². The van der Waals surface area contributed by atoms with Crippen LogP contribution in [0.3, 0.4) is 0 Å². The van der Waals surface area contributed by atoms with Crippen LogP contribution in [0.4, 0.5) is 10.1 Å². The van der Waals surface area contributed by atoms with Gasteiger partial charge in [0.2, 0.25) is 0 Å². The number of nitrogen functional groups attached to an aromatic ring is 1. The van der Waals surface area contributed by atoms with Crippen LogP contribution in [0.25, 0.3) is 0 Å². The first-order chi connectivity index (χ1) is 8.08. The summed E-state index contributed by atoms with van der Waals surface area (Å²) in [7, 11) is -0.850. The van der Waals surface area contributed by atoms with Gasteiger partial charge in [-0.2, -0.15) is 0 Å². The Morgan fingerprint density at radius 3 is 2.59 bits per heavy atom. The Hall–Kier alpha value is -1.43. The second kappa shape index (κ2) is 4.83. The smallest absolute Gasteiger partial charge is 0.256 e. The van der Waals surface area contributed by atoms with E-state index in [1.54, 1.807) is 0 Å². The van der Waals surface area contributed by atoms with Gasteiger partial charge in [0.05, 0.1) is 5.56 Å². The van der Waals surface area contributed by atoms with Crippen molar-refractivity contribution >= 4 is 22.4 Å². The summed E-state index contributed by atoms with van der Waals surface area (Å²) >= 11 is 0. The molecule has 0 unspecified atom stereocenters. The van der Waals surface area contributed by atoms with Crippen LogP contribution in [0.2, 0.25) is 0 Å². The minimum Gasteiger partial charge on any atom is -0.399 e. The van der Waals surface area contributed by atoms with Crippen molar-refractivity contribution in [3.63, 3.8) is 0 Å². The molecule has 0 spiro atoms. The van der Waals surface area contributed by atoms with Gasteiger partial charge in [-0.25, -0.2) is 4.39 Å². The molecule has 1 aromatic carbocycles. The number of rotatable bonds is 1. The Morgan fingerprint density at radius 1 is 1.35 bits per heavy atom. The topological polar surface area (TPSA) is 63.4 Å². The Kier molecular flexibility index (Phi) is 3.42. The lowest BCUT2D eigenvalue weighted by atomic mass is 10.1. The Balaban J connectivity index is 2.16. The summed E-state index contributed by atoms with van der Waals surface area (Å²) in [5, 5.41) is 0. The SMILES string of the molecule is Nc1ccc(C(=O)N2CCS(=O)CC2)c(F)c1. The Bertz CT molecular complexity index is 469. The molecule has 92 valence electrons. The maximum Gasteiger partial charge on any atom is 0.256 e. The number of benzene rings is 1. The number of nitrogens with zero attached hydrogens (tertiary/aromatic N) is 1. The number of hydrogen-bond acceptors (Lipinski definition) is 3. The van der Waals surface area contributed by atoms with Crippen molar-refractivity contribution in [2.45, 2.75) is 0 Å². The minimum atomic E-state index is -0.850. The fraction of sp³-hybridized carbons (Fsp3) is 0.364. The summed E-state index contributed by atoms with van der Waals surface area (Å²) in [6, 6.07) is 4.02. The maximum absolute atomic E-state index is 13.5. The van der Waals surface area contributed by atoms with E-state index in [1.165, 1.54) is 17.0 Å². The molecular weight excluding hydrogens is 243 g/mol. The van der Waals surface area contributed by atoms with E-state index in [-0.39, 0.29) is 11.5 Å². The fourth-order valence-corrected chi connectivity index (χ4v) is 2.77. The monoisotopic (exact) mass is 256 g/mol. The minimum absolute atomic E-state index is 0.0203.